The maximum Gasteiger partial charge on any atom is 0.472 e. The van der Waals surface area contributed by atoms with E-state index in [4.69, 9.17) is 32.3 Å². The molecule has 16 nitrogen and oxygen atoms in total. The molecule has 0 bridgehead atoms. The summed E-state index contributed by atoms with van der Waals surface area (Å²) >= 11 is 0. The molecule has 0 aliphatic rings. The van der Waals surface area contributed by atoms with Crippen LogP contribution >= 0.6 is 15.6 Å². The zero-order valence-corrected chi connectivity index (χ0v) is 72.1. The highest BCUT2D eigenvalue weighted by molar-refractivity contribution is 7.47. The molecule has 0 spiro atoms. The highest BCUT2D eigenvalue weighted by atomic mass is 31.2. The molecule has 0 radical (unpaired) electrons. The van der Waals surface area contributed by atoms with Gasteiger partial charge in [0.2, 0.25) is 0 Å². The Bertz CT molecular complexity index is 2550. The van der Waals surface area contributed by atoms with Gasteiger partial charge in [-0.2, -0.15) is 0 Å². The van der Waals surface area contributed by atoms with E-state index in [0.717, 1.165) is 148 Å². The minimum Gasteiger partial charge on any atom is -0.463 e. The fourth-order valence-electron chi connectivity index (χ4n) is 12.1. The van der Waals surface area contributed by atoms with Gasteiger partial charge < -0.3 is 34.2 Å². The Hall–Kier alpha value is -4.31. The fraction of sp³-hybridized carbons (Fsp3) is 0.731. The molecule has 0 aliphatic carbocycles. The van der Waals surface area contributed by atoms with Crippen molar-refractivity contribution in [1.82, 2.24) is 0 Å². The maximum atomic E-state index is 13.0. The SMILES string of the molecule is CC/C=C\C/C=C\C/C=C\C/C=C\C/C=C\C/C=C\CCCCCCCCCCCCCCCCC(=O)OCC(O)COP(=O)(O)OCC(O)COP(=O)(O)OCC(COC(=O)CCCCCCCCCCCCCCC/C=C\C/C=C\C/C=C\C/C=C\CCCCC)OC(=O)CCCCCCC/C=C\CCCCCC. The number of phosphoric acid groups is 2. The molecule has 0 fully saturated rings. The molecule has 640 valence electrons. The Kier molecular flexibility index (Phi) is 81.8. The monoisotopic (exact) mass is 1600 g/mol. The van der Waals surface area contributed by atoms with E-state index in [1.54, 1.807) is 0 Å². The summed E-state index contributed by atoms with van der Waals surface area (Å²) in [6, 6.07) is 0. The number of aliphatic hydroxyl groups excluding tert-OH is 2. The number of carbonyl (C=O) groups is 3. The first-order valence-corrected chi connectivity index (χ1v) is 47.5. The third kappa shape index (κ3) is 86.4. The zero-order chi connectivity index (χ0) is 80.8. The number of aliphatic hydroxyl groups is 2. The van der Waals surface area contributed by atoms with Crippen LogP contribution in [0.1, 0.15) is 380 Å². The van der Waals surface area contributed by atoms with Crippen molar-refractivity contribution < 1.29 is 75.8 Å². The molecule has 4 N–H and O–H groups in total. The Morgan fingerprint density at radius 2 is 0.477 bits per heavy atom. The Morgan fingerprint density at radius 3 is 0.784 bits per heavy atom. The lowest BCUT2D eigenvalue weighted by atomic mass is 10.0. The van der Waals surface area contributed by atoms with Gasteiger partial charge in [0.15, 0.2) is 6.10 Å². The van der Waals surface area contributed by atoms with Crippen molar-refractivity contribution in [3.05, 3.63) is 134 Å². The van der Waals surface area contributed by atoms with Crippen LogP contribution in [0.15, 0.2) is 134 Å². The van der Waals surface area contributed by atoms with Gasteiger partial charge >= 0.3 is 33.6 Å². The van der Waals surface area contributed by atoms with Crippen LogP contribution in [0.2, 0.25) is 0 Å². The summed E-state index contributed by atoms with van der Waals surface area (Å²) in [5.74, 6) is -1.57. The number of hydrogen-bond acceptors (Lipinski definition) is 14. The normalized spacial score (nSPS) is 14.5. The van der Waals surface area contributed by atoms with Gasteiger partial charge in [0, 0.05) is 19.3 Å². The van der Waals surface area contributed by atoms with Crippen molar-refractivity contribution in [1.29, 1.82) is 0 Å². The van der Waals surface area contributed by atoms with E-state index >= 15 is 0 Å². The van der Waals surface area contributed by atoms with Gasteiger partial charge in [-0.1, -0.05) is 353 Å². The second-order valence-electron chi connectivity index (χ2n) is 29.7. The van der Waals surface area contributed by atoms with E-state index in [1.807, 2.05) is 0 Å². The molecule has 0 aromatic carbocycles. The third-order valence-electron chi connectivity index (χ3n) is 18.8. The van der Waals surface area contributed by atoms with Gasteiger partial charge in [-0.15, -0.1) is 0 Å². The van der Waals surface area contributed by atoms with Crippen LogP contribution in [-0.2, 0) is 55.8 Å². The van der Waals surface area contributed by atoms with Gasteiger partial charge in [-0.3, -0.25) is 32.5 Å². The van der Waals surface area contributed by atoms with Crippen molar-refractivity contribution in [2.75, 3.05) is 39.6 Å². The quantitative estimate of drug-likeness (QED) is 0.0146. The van der Waals surface area contributed by atoms with E-state index in [0.29, 0.717) is 19.3 Å². The van der Waals surface area contributed by atoms with Crippen LogP contribution in [0, 0.1) is 0 Å². The van der Waals surface area contributed by atoms with Crippen LogP contribution in [0.4, 0.5) is 0 Å². The first-order chi connectivity index (χ1) is 54.2. The Labute approximate surface area is 677 Å². The van der Waals surface area contributed by atoms with Crippen LogP contribution in [0.3, 0.4) is 0 Å². The van der Waals surface area contributed by atoms with Gasteiger partial charge in [0.05, 0.1) is 26.4 Å². The molecule has 5 atom stereocenters. The van der Waals surface area contributed by atoms with E-state index in [9.17, 15) is 43.5 Å². The summed E-state index contributed by atoms with van der Waals surface area (Å²) in [7, 11) is -9.79. The number of phosphoric ester groups is 2. The molecule has 0 heterocycles. The molecule has 0 rings (SSSR count). The summed E-state index contributed by atoms with van der Waals surface area (Å²) in [5, 5.41) is 20.7. The highest BCUT2D eigenvalue weighted by Gasteiger charge is 2.29. The van der Waals surface area contributed by atoms with E-state index in [-0.39, 0.29) is 19.3 Å². The Morgan fingerprint density at radius 1 is 0.261 bits per heavy atom. The lowest BCUT2D eigenvalue weighted by Crippen LogP contribution is -2.30. The molecule has 18 heteroatoms. The number of esters is 3. The van der Waals surface area contributed by atoms with Gasteiger partial charge in [0.1, 0.15) is 25.4 Å². The summed E-state index contributed by atoms with van der Waals surface area (Å²) in [6.07, 6.45) is 105. The molecule has 0 aromatic heterocycles. The van der Waals surface area contributed by atoms with Crippen molar-refractivity contribution in [2.24, 2.45) is 0 Å². The summed E-state index contributed by atoms with van der Waals surface area (Å²) in [6.45, 7) is 2.56. The largest absolute Gasteiger partial charge is 0.472 e. The van der Waals surface area contributed by atoms with Crippen LogP contribution in [-0.4, -0.2) is 95.9 Å². The summed E-state index contributed by atoms with van der Waals surface area (Å²) in [5.41, 5.74) is 0. The van der Waals surface area contributed by atoms with Crippen molar-refractivity contribution in [2.45, 2.75) is 399 Å². The molecule has 0 saturated carbocycles. The highest BCUT2D eigenvalue weighted by Crippen LogP contribution is 2.45. The lowest BCUT2D eigenvalue weighted by Gasteiger charge is -2.21. The Balaban J connectivity index is 4.42. The third-order valence-corrected chi connectivity index (χ3v) is 20.7. The summed E-state index contributed by atoms with van der Waals surface area (Å²) in [4.78, 5) is 58.8. The smallest absolute Gasteiger partial charge is 0.463 e. The minimum absolute atomic E-state index is 0.0945. The molecule has 0 amide bonds. The van der Waals surface area contributed by atoms with Gasteiger partial charge in [0.25, 0.3) is 0 Å². The summed E-state index contributed by atoms with van der Waals surface area (Å²) < 4.78 is 61.3. The molecular weight excluding hydrogens is 1430 g/mol. The van der Waals surface area contributed by atoms with E-state index < -0.39 is 91.5 Å². The van der Waals surface area contributed by atoms with E-state index in [2.05, 4.69) is 154 Å². The van der Waals surface area contributed by atoms with Crippen LogP contribution in [0.25, 0.3) is 0 Å². The standard InChI is InChI=1S/C93H162O16P2/c1-4-7-10-13-16-19-22-25-27-29-31-33-35-37-39-41-42-43-44-46-48-49-51-53-55-57-59-62-64-67-70-73-76-79-91(96)103-82-88(94)83-105-110(99,100)106-84-89(95)85-107-111(101,102)108-87-90(109-93(98)81-78-75-72-69-66-61-24-21-18-15-12-9-6-3)86-104-92(97)80-77-74-71-68-65-63-60-58-56-54-52-50-47-45-40-38-36-34-32-30-28-26-23-20-17-14-11-8-5-2/h7,10,16-17,19-21,24-28,31-34,37-40,42-43,88-90,94-95H,4-6,8-9,11-15,18,22-23,29-30,35-36,41,44-87H2,1-3H3,(H,99,100)(H,101,102)/b10-7-,19-16-,20-17-,24-21-,27-25-,28-26-,33-31-,34-32-,39-37-,40-38-,43-42-. The minimum atomic E-state index is -4.93. The topological polar surface area (TPSA) is 231 Å². The van der Waals surface area contributed by atoms with Crippen LogP contribution < -0.4 is 0 Å². The van der Waals surface area contributed by atoms with Crippen molar-refractivity contribution in [3.8, 4) is 0 Å². The average Bonchev–Trinajstić information content (AvgIpc) is 0.978. The molecule has 111 heavy (non-hydrogen) atoms. The number of rotatable bonds is 84. The number of unbranched alkanes of at least 4 members (excludes halogenated alkanes) is 39. The molecular formula is C93H162O16P2. The van der Waals surface area contributed by atoms with Crippen molar-refractivity contribution >= 4 is 33.6 Å². The van der Waals surface area contributed by atoms with Crippen LogP contribution in [0.5, 0.6) is 0 Å². The molecule has 0 saturated heterocycles. The zero-order valence-electron chi connectivity index (χ0n) is 70.4. The predicted octanol–water partition coefficient (Wildman–Crippen LogP) is 27.0. The number of carbonyl (C=O) groups excluding carboxylic acids is 3. The first-order valence-electron chi connectivity index (χ1n) is 44.5. The molecule has 5 unspecified atom stereocenters. The second-order valence-corrected chi connectivity index (χ2v) is 32.6. The first kappa shape index (κ1) is 107. The number of allylic oxidation sites excluding steroid dienone is 22. The fourth-order valence-corrected chi connectivity index (χ4v) is 13.7. The lowest BCUT2D eigenvalue weighted by molar-refractivity contribution is -0.161. The second kappa shape index (κ2) is 85.1. The maximum absolute atomic E-state index is 13.0. The average molecular weight is 1600 g/mol. The predicted molar refractivity (Wildman–Crippen MR) is 463 cm³/mol. The molecule has 0 aromatic rings. The van der Waals surface area contributed by atoms with Crippen molar-refractivity contribution in [3.63, 3.8) is 0 Å². The number of hydrogen-bond donors (Lipinski definition) is 4. The van der Waals surface area contributed by atoms with Gasteiger partial charge in [-0.25, -0.2) is 9.13 Å². The van der Waals surface area contributed by atoms with E-state index in [1.165, 1.54) is 173 Å². The molecule has 0 aliphatic heterocycles. The number of ether oxygens (including phenoxy) is 3. The van der Waals surface area contributed by atoms with Gasteiger partial charge in [-0.05, 0) is 141 Å².